The zero-order valence-corrected chi connectivity index (χ0v) is 16.0. The van der Waals surface area contributed by atoms with E-state index < -0.39 is 0 Å². The fraction of sp³-hybridized carbons (Fsp3) is 0.0833. The van der Waals surface area contributed by atoms with E-state index in [0.717, 1.165) is 16.7 Å². The second-order valence-electron chi connectivity index (χ2n) is 6.69. The summed E-state index contributed by atoms with van der Waals surface area (Å²) in [5.74, 6) is 0.536. The highest BCUT2D eigenvalue weighted by atomic mass is 16.5. The van der Waals surface area contributed by atoms with Gasteiger partial charge in [-0.3, -0.25) is 9.59 Å². The van der Waals surface area contributed by atoms with Crippen LogP contribution >= 0.6 is 0 Å². The van der Waals surface area contributed by atoms with Gasteiger partial charge in [-0.2, -0.15) is 0 Å². The van der Waals surface area contributed by atoms with Gasteiger partial charge in [0, 0.05) is 33.9 Å². The van der Waals surface area contributed by atoms with Gasteiger partial charge in [0.15, 0.2) is 5.78 Å². The Morgan fingerprint density at radius 3 is 2.48 bits per heavy atom. The van der Waals surface area contributed by atoms with Crippen LogP contribution in [0.3, 0.4) is 0 Å². The molecule has 0 spiro atoms. The third kappa shape index (κ3) is 4.04. The molecule has 3 aromatic carbocycles. The second kappa shape index (κ2) is 8.02. The van der Waals surface area contributed by atoms with Crippen LogP contribution in [0.4, 0.5) is 5.69 Å². The molecule has 0 aliphatic heterocycles. The van der Waals surface area contributed by atoms with Crippen LogP contribution in [0.1, 0.15) is 15.9 Å². The number of hydrogen-bond acceptors (Lipinski definition) is 3. The summed E-state index contributed by atoms with van der Waals surface area (Å²) in [6.07, 6.45) is 1.87. The van der Waals surface area contributed by atoms with Crippen molar-refractivity contribution in [2.24, 2.45) is 0 Å². The minimum absolute atomic E-state index is 0.0768. The van der Waals surface area contributed by atoms with Gasteiger partial charge in [-0.25, -0.2) is 0 Å². The number of fused-ring (bicyclic) bond motifs is 1. The standard InChI is InChI=1S/C24H20N2O3/c1-29-21-10-11-22-18(15-21)12-13-26(22)16-23(27)25-20-9-5-8-19(14-20)24(28)17-6-3-2-4-7-17/h2-15H,16H2,1H3,(H,25,27). The van der Waals surface area contributed by atoms with Crippen molar-refractivity contribution in [3.63, 3.8) is 0 Å². The van der Waals surface area contributed by atoms with Crippen molar-refractivity contribution < 1.29 is 14.3 Å². The summed E-state index contributed by atoms with van der Waals surface area (Å²) in [6, 6.07) is 23.8. The van der Waals surface area contributed by atoms with Crippen molar-refractivity contribution in [2.75, 3.05) is 12.4 Å². The Balaban J connectivity index is 1.48. The lowest BCUT2D eigenvalue weighted by Crippen LogP contribution is -2.18. The first-order chi connectivity index (χ1) is 14.1. The Hall–Kier alpha value is -3.86. The molecule has 144 valence electrons. The molecule has 0 saturated carbocycles. The first kappa shape index (κ1) is 18.5. The van der Waals surface area contributed by atoms with Gasteiger partial charge in [-0.1, -0.05) is 42.5 Å². The quantitative estimate of drug-likeness (QED) is 0.497. The van der Waals surface area contributed by atoms with E-state index in [1.165, 1.54) is 0 Å². The summed E-state index contributed by atoms with van der Waals surface area (Å²) >= 11 is 0. The normalized spacial score (nSPS) is 10.7. The Morgan fingerprint density at radius 2 is 1.69 bits per heavy atom. The van der Waals surface area contributed by atoms with E-state index in [9.17, 15) is 9.59 Å². The minimum Gasteiger partial charge on any atom is -0.497 e. The lowest BCUT2D eigenvalue weighted by atomic mass is 10.0. The molecule has 0 aliphatic rings. The van der Waals surface area contributed by atoms with Crippen LogP contribution in [0.5, 0.6) is 5.75 Å². The Kier molecular flexibility index (Phi) is 5.12. The van der Waals surface area contributed by atoms with Crippen molar-refractivity contribution in [3.05, 3.63) is 96.2 Å². The number of nitrogens with one attached hydrogen (secondary N) is 1. The van der Waals surface area contributed by atoms with E-state index in [4.69, 9.17) is 4.74 Å². The maximum absolute atomic E-state index is 12.6. The SMILES string of the molecule is COc1ccc2c(ccn2CC(=O)Nc2cccc(C(=O)c3ccccc3)c2)c1. The molecular weight excluding hydrogens is 364 g/mol. The molecule has 1 amide bonds. The largest absolute Gasteiger partial charge is 0.497 e. The van der Waals surface area contributed by atoms with Gasteiger partial charge >= 0.3 is 0 Å². The highest BCUT2D eigenvalue weighted by Gasteiger charge is 2.11. The van der Waals surface area contributed by atoms with Crippen molar-refractivity contribution in [2.45, 2.75) is 6.54 Å². The number of carbonyl (C=O) groups is 2. The van der Waals surface area contributed by atoms with Gasteiger partial charge in [-0.15, -0.1) is 0 Å². The van der Waals surface area contributed by atoms with Crippen molar-refractivity contribution in [1.82, 2.24) is 4.57 Å². The van der Waals surface area contributed by atoms with E-state index in [1.807, 2.05) is 53.2 Å². The number of amides is 1. The second-order valence-corrected chi connectivity index (χ2v) is 6.69. The number of benzene rings is 3. The van der Waals surface area contributed by atoms with Gasteiger partial charge in [0.1, 0.15) is 12.3 Å². The molecule has 4 aromatic rings. The molecule has 1 aromatic heterocycles. The lowest BCUT2D eigenvalue weighted by Gasteiger charge is -2.09. The Bertz CT molecular complexity index is 1180. The summed E-state index contributed by atoms with van der Waals surface area (Å²) in [4.78, 5) is 25.2. The molecule has 0 radical (unpaired) electrons. The van der Waals surface area contributed by atoms with E-state index >= 15 is 0 Å². The fourth-order valence-corrected chi connectivity index (χ4v) is 3.29. The topological polar surface area (TPSA) is 60.3 Å². The van der Waals surface area contributed by atoms with Gasteiger partial charge in [0.25, 0.3) is 0 Å². The predicted molar refractivity (Wildman–Crippen MR) is 113 cm³/mol. The number of aromatic nitrogens is 1. The number of rotatable bonds is 6. The summed E-state index contributed by atoms with van der Waals surface area (Å²) < 4.78 is 7.12. The third-order valence-electron chi connectivity index (χ3n) is 4.74. The lowest BCUT2D eigenvalue weighted by molar-refractivity contribution is -0.116. The van der Waals surface area contributed by atoms with Crippen LogP contribution in [0, 0.1) is 0 Å². The first-order valence-corrected chi connectivity index (χ1v) is 9.26. The molecule has 0 saturated heterocycles. The molecule has 1 N–H and O–H groups in total. The highest BCUT2D eigenvalue weighted by Crippen LogP contribution is 2.22. The van der Waals surface area contributed by atoms with Gasteiger partial charge in [0.05, 0.1) is 7.11 Å². The molecule has 0 bridgehead atoms. The molecule has 0 unspecified atom stereocenters. The monoisotopic (exact) mass is 384 g/mol. The fourth-order valence-electron chi connectivity index (χ4n) is 3.29. The van der Waals surface area contributed by atoms with E-state index in [2.05, 4.69) is 5.32 Å². The molecule has 4 rings (SSSR count). The van der Waals surface area contributed by atoms with Crippen LogP contribution in [-0.2, 0) is 11.3 Å². The van der Waals surface area contributed by atoms with E-state index in [-0.39, 0.29) is 18.2 Å². The predicted octanol–water partition coefficient (Wildman–Crippen LogP) is 4.52. The summed E-state index contributed by atoms with van der Waals surface area (Å²) in [5, 5.41) is 3.88. The summed E-state index contributed by atoms with van der Waals surface area (Å²) in [7, 11) is 1.63. The number of ether oxygens (including phenoxy) is 1. The summed E-state index contributed by atoms with van der Waals surface area (Å²) in [6.45, 7) is 0.173. The van der Waals surface area contributed by atoms with E-state index in [0.29, 0.717) is 16.8 Å². The molecule has 5 heteroatoms. The molecule has 0 fully saturated rings. The maximum atomic E-state index is 12.6. The average molecular weight is 384 g/mol. The molecule has 0 atom stereocenters. The zero-order valence-electron chi connectivity index (χ0n) is 16.0. The highest BCUT2D eigenvalue weighted by molar-refractivity contribution is 6.09. The average Bonchev–Trinajstić information content (AvgIpc) is 3.15. The van der Waals surface area contributed by atoms with Crippen LogP contribution in [0.2, 0.25) is 0 Å². The van der Waals surface area contributed by atoms with E-state index in [1.54, 1.807) is 43.5 Å². The molecular formula is C24H20N2O3. The van der Waals surface area contributed by atoms with Gasteiger partial charge in [-0.05, 0) is 36.4 Å². The van der Waals surface area contributed by atoms with Crippen LogP contribution in [-0.4, -0.2) is 23.4 Å². The number of hydrogen-bond donors (Lipinski definition) is 1. The van der Waals surface area contributed by atoms with Crippen LogP contribution in [0.25, 0.3) is 10.9 Å². The van der Waals surface area contributed by atoms with Crippen molar-refractivity contribution in [1.29, 1.82) is 0 Å². The number of carbonyl (C=O) groups excluding carboxylic acids is 2. The van der Waals surface area contributed by atoms with Gasteiger partial charge < -0.3 is 14.6 Å². The maximum Gasteiger partial charge on any atom is 0.244 e. The van der Waals surface area contributed by atoms with Gasteiger partial charge in [0.2, 0.25) is 5.91 Å². The Morgan fingerprint density at radius 1 is 0.897 bits per heavy atom. The van der Waals surface area contributed by atoms with Crippen LogP contribution in [0.15, 0.2) is 85.1 Å². The zero-order chi connectivity index (χ0) is 20.2. The van der Waals surface area contributed by atoms with Crippen LogP contribution < -0.4 is 10.1 Å². The molecule has 1 heterocycles. The number of ketones is 1. The van der Waals surface area contributed by atoms with Crippen molar-refractivity contribution >= 4 is 28.3 Å². The van der Waals surface area contributed by atoms with Crippen molar-refractivity contribution in [3.8, 4) is 5.75 Å². The number of nitrogens with zero attached hydrogens (tertiary/aromatic N) is 1. The third-order valence-corrected chi connectivity index (χ3v) is 4.74. The molecule has 0 aliphatic carbocycles. The Labute approximate surface area is 168 Å². The smallest absolute Gasteiger partial charge is 0.244 e. The number of anilines is 1. The minimum atomic E-state index is -0.164. The molecule has 5 nitrogen and oxygen atoms in total. The first-order valence-electron chi connectivity index (χ1n) is 9.26. The molecule has 29 heavy (non-hydrogen) atoms. The summed E-state index contributed by atoms with van der Waals surface area (Å²) in [5.41, 5.74) is 2.70. The number of methoxy groups -OCH3 is 1.